The van der Waals surface area contributed by atoms with Gasteiger partial charge in [-0.25, -0.2) is 4.39 Å². The van der Waals surface area contributed by atoms with E-state index in [4.69, 9.17) is 10.5 Å². The average molecular weight is 232 g/mol. The first-order valence-corrected chi connectivity index (χ1v) is 5.25. The zero-order valence-corrected chi connectivity index (χ0v) is 9.48. The quantitative estimate of drug-likeness (QED) is 0.828. The highest BCUT2D eigenvalue weighted by Crippen LogP contribution is 2.22. The van der Waals surface area contributed by atoms with Crippen LogP contribution in [0.4, 0.5) is 10.1 Å². The van der Waals surface area contributed by atoms with Crippen molar-refractivity contribution in [2.24, 2.45) is 0 Å². The summed E-state index contributed by atoms with van der Waals surface area (Å²) in [6.07, 6.45) is 0. The van der Waals surface area contributed by atoms with Gasteiger partial charge in [0.2, 0.25) is 0 Å². The lowest BCUT2D eigenvalue weighted by molar-refractivity contribution is 0.302. The number of pyridine rings is 1. The standard InChI is InChI=1S/C13H13FN2O/c1-9-3-2-4-11(16-9)8-17-13-6-5-10(14)7-12(13)15/h2-7H,8,15H2,1H3. The summed E-state index contributed by atoms with van der Waals surface area (Å²) >= 11 is 0. The van der Waals surface area contributed by atoms with Gasteiger partial charge in [0, 0.05) is 11.8 Å². The third-order valence-electron chi connectivity index (χ3n) is 2.29. The number of aryl methyl sites for hydroxylation is 1. The van der Waals surface area contributed by atoms with Crippen molar-refractivity contribution in [3.05, 3.63) is 53.6 Å². The number of nitrogens with two attached hydrogens (primary N) is 1. The topological polar surface area (TPSA) is 48.1 Å². The van der Waals surface area contributed by atoms with Crippen LogP contribution in [-0.4, -0.2) is 4.98 Å². The normalized spacial score (nSPS) is 10.2. The molecular weight excluding hydrogens is 219 g/mol. The summed E-state index contributed by atoms with van der Waals surface area (Å²) in [4.78, 5) is 4.30. The van der Waals surface area contributed by atoms with E-state index in [1.54, 1.807) is 0 Å². The highest BCUT2D eigenvalue weighted by atomic mass is 19.1. The number of benzene rings is 1. The molecule has 0 radical (unpaired) electrons. The van der Waals surface area contributed by atoms with E-state index < -0.39 is 0 Å². The van der Waals surface area contributed by atoms with Gasteiger partial charge in [-0.3, -0.25) is 4.98 Å². The second-order valence-electron chi connectivity index (χ2n) is 3.74. The van der Waals surface area contributed by atoms with E-state index in [9.17, 15) is 4.39 Å². The predicted octanol–water partition coefficient (Wildman–Crippen LogP) is 2.69. The zero-order chi connectivity index (χ0) is 12.3. The van der Waals surface area contributed by atoms with Crippen LogP contribution in [0.2, 0.25) is 0 Å². The Morgan fingerprint density at radius 2 is 2.12 bits per heavy atom. The number of hydrogen-bond donors (Lipinski definition) is 1. The molecule has 4 heteroatoms. The van der Waals surface area contributed by atoms with Crippen molar-refractivity contribution in [3.8, 4) is 5.75 Å². The fourth-order valence-electron chi connectivity index (χ4n) is 1.48. The van der Waals surface area contributed by atoms with Crippen LogP contribution >= 0.6 is 0 Å². The van der Waals surface area contributed by atoms with Crippen LogP contribution in [0.3, 0.4) is 0 Å². The van der Waals surface area contributed by atoms with Gasteiger partial charge in [0.1, 0.15) is 18.2 Å². The number of hydrogen-bond acceptors (Lipinski definition) is 3. The largest absolute Gasteiger partial charge is 0.485 e. The van der Waals surface area contributed by atoms with Crippen LogP contribution in [0.15, 0.2) is 36.4 Å². The number of ether oxygens (including phenoxy) is 1. The molecule has 1 heterocycles. The monoisotopic (exact) mass is 232 g/mol. The Balaban J connectivity index is 2.07. The molecule has 3 nitrogen and oxygen atoms in total. The number of anilines is 1. The van der Waals surface area contributed by atoms with Crippen molar-refractivity contribution in [1.82, 2.24) is 4.98 Å². The lowest BCUT2D eigenvalue weighted by atomic mass is 10.3. The second kappa shape index (κ2) is 4.82. The van der Waals surface area contributed by atoms with E-state index in [1.807, 2.05) is 25.1 Å². The maximum Gasteiger partial charge on any atom is 0.142 e. The van der Waals surface area contributed by atoms with Crippen LogP contribution < -0.4 is 10.5 Å². The molecule has 88 valence electrons. The lowest BCUT2D eigenvalue weighted by Crippen LogP contribution is -2.01. The molecule has 0 aliphatic carbocycles. The van der Waals surface area contributed by atoms with Crippen LogP contribution in [0, 0.1) is 12.7 Å². The molecule has 1 aromatic carbocycles. The van der Waals surface area contributed by atoms with Gasteiger partial charge in [-0.05, 0) is 31.2 Å². The summed E-state index contributed by atoms with van der Waals surface area (Å²) < 4.78 is 18.3. The number of nitrogen functional groups attached to an aromatic ring is 1. The van der Waals surface area contributed by atoms with Crippen LogP contribution in [0.25, 0.3) is 0 Å². The van der Waals surface area contributed by atoms with Gasteiger partial charge < -0.3 is 10.5 Å². The molecule has 2 aromatic rings. The van der Waals surface area contributed by atoms with E-state index in [2.05, 4.69) is 4.98 Å². The minimum Gasteiger partial charge on any atom is -0.485 e. The van der Waals surface area contributed by atoms with Gasteiger partial charge in [0.15, 0.2) is 0 Å². The molecule has 0 aliphatic rings. The van der Waals surface area contributed by atoms with Gasteiger partial charge in [-0.1, -0.05) is 6.07 Å². The first kappa shape index (κ1) is 11.4. The summed E-state index contributed by atoms with van der Waals surface area (Å²) in [7, 11) is 0. The zero-order valence-electron chi connectivity index (χ0n) is 9.48. The summed E-state index contributed by atoms with van der Waals surface area (Å²) in [6.45, 7) is 2.23. The van der Waals surface area contributed by atoms with E-state index >= 15 is 0 Å². The molecule has 2 rings (SSSR count). The molecule has 0 saturated heterocycles. The summed E-state index contributed by atoms with van der Waals surface area (Å²) in [5.74, 6) is 0.0956. The van der Waals surface area contributed by atoms with Crippen LogP contribution in [0.5, 0.6) is 5.75 Å². The Hall–Kier alpha value is -2.10. The van der Waals surface area contributed by atoms with Gasteiger partial charge in [-0.15, -0.1) is 0 Å². The average Bonchev–Trinajstić information content (AvgIpc) is 2.28. The van der Waals surface area contributed by atoms with Gasteiger partial charge in [0.25, 0.3) is 0 Å². The Morgan fingerprint density at radius 1 is 1.29 bits per heavy atom. The molecule has 0 bridgehead atoms. The second-order valence-corrected chi connectivity index (χ2v) is 3.74. The minimum atomic E-state index is -0.372. The van der Waals surface area contributed by atoms with Crippen LogP contribution in [0.1, 0.15) is 11.4 Å². The van der Waals surface area contributed by atoms with Gasteiger partial charge in [0.05, 0.1) is 11.4 Å². The first-order chi connectivity index (χ1) is 8.15. The van der Waals surface area contributed by atoms with Crippen molar-refractivity contribution < 1.29 is 9.13 Å². The highest BCUT2D eigenvalue weighted by molar-refractivity contribution is 5.52. The molecule has 1 aromatic heterocycles. The molecule has 0 atom stereocenters. The SMILES string of the molecule is Cc1cccc(COc2ccc(F)cc2N)n1. The number of nitrogens with zero attached hydrogens (tertiary/aromatic N) is 1. The molecule has 0 spiro atoms. The molecular formula is C13H13FN2O. The molecule has 0 aliphatic heterocycles. The van der Waals surface area contributed by atoms with Crippen molar-refractivity contribution in [3.63, 3.8) is 0 Å². The van der Waals surface area contributed by atoms with Crippen molar-refractivity contribution in [1.29, 1.82) is 0 Å². The Bertz CT molecular complexity index is 529. The van der Waals surface area contributed by atoms with E-state index in [0.717, 1.165) is 11.4 Å². The first-order valence-electron chi connectivity index (χ1n) is 5.25. The number of halogens is 1. The fraction of sp³-hybridized carbons (Fsp3) is 0.154. The maximum atomic E-state index is 12.8. The molecule has 0 fully saturated rings. The van der Waals surface area contributed by atoms with Crippen molar-refractivity contribution >= 4 is 5.69 Å². The van der Waals surface area contributed by atoms with Crippen molar-refractivity contribution in [2.45, 2.75) is 13.5 Å². The molecule has 17 heavy (non-hydrogen) atoms. The van der Waals surface area contributed by atoms with Gasteiger partial charge in [-0.2, -0.15) is 0 Å². The van der Waals surface area contributed by atoms with Crippen molar-refractivity contribution in [2.75, 3.05) is 5.73 Å². The van der Waals surface area contributed by atoms with E-state index in [1.165, 1.54) is 18.2 Å². The molecule has 0 saturated carbocycles. The minimum absolute atomic E-state index is 0.289. The Labute approximate surface area is 99.1 Å². The van der Waals surface area contributed by atoms with E-state index in [-0.39, 0.29) is 11.5 Å². The molecule has 0 amide bonds. The fourth-order valence-corrected chi connectivity index (χ4v) is 1.48. The number of rotatable bonds is 3. The van der Waals surface area contributed by atoms with E-state index in [0.29, 0.717) is 12.4 Å². The molecule has 2 N–H and O–H groups in total. The predicted molar refractivity (Wildman–Crippen MR) is 64.1 cm³/mol. The van der Waals surface area contributed by atoms with Gasteiger partial charge >= 0.3 is 0 Å². The summed E-state index contributed by atoms with van der Waals surface area (Å²) in [6, 6.07) is 9.76. The third kappa shape index (κ3) is 2.93. The third-order valence-corrected chi connectivity index (χ3v) is 2.29. The summed E-state index contributed by atoms with van der Waals surface area (Å²) in [5.41, 5.74) is 7.66. The smallest absolute Gasteiger partial charge is 0.142 e. The lowest BCUT2D eigenvalue weighted by Gasteiger charge is -2.08. The number of aromatic nitrogens is 1. The maximum absolute atomic E-state index is 12.8. The highest BCUT2D eigenvalue weighted by Gasteiger charge is 2.03. The molecule has 0 unspecified atom stereocenters. The Kier molecular flexibility index (Phi) is 3.23. The Morgan fingerprint density at radius 3 is 2.82 bits per heavy atom. The summed E-state index contributed by atoms with van der Waals surface area (Å²) in [5, 5.41) is 0. The van der Waals surface area contributed by atoms with Crippen LogP contribution in [-0.2, 0) is 6.61 Å².